The molecular formula is C15H14FNO4. The third-order valence-electron chi connectivity index (χ3n) is 4.04. The summed E-state index contributed by atoms with van der Waals surface area (Å²) in [6.07, 6.45) is 2.73. The molecule has 2 heterocycles. The first-order chi connectivity index (χ1) is 9.92. The van der Waals surface area contributed by atoms with Gasteiger partial charge in [0.2, 0.25) is 5.91 Å². The summed E-state index contributed by atoms with van der Waals surface area (Å²) >= 11 is 0. The number of carbonyl (C=O) groups is 2. The molecule has 4 atom stereocenters. The molecule has 2 aliphatic rings. The standard InChI is InChI=1S/C15H14FNO4/c1-15-7-6-10(21-15)11(14(19)20)12(15)13(18)17-9-5-3-2-4-8(9)16/h2-7,10-12H,1H3,(H,17,18)(H,19,20)/t10-,11-,12-,15+/m1/s1. The van der Waals surface area contributed by atoms with E-state index >= 15 is 0 Å². The number of amides is 1. The molecule has 2 aliphatic heterocycles. The van der Waals surface area contributed by atoms with Crippen LogP contribution in [0.4, 0.5) is 10.1 Å². The van der Waals surface area contributed by atoms with Crippen LogP contribution in [0, 0.1) is 17.7 Å². The summed E-state index contributed by atoms with van der Waals surface area (Å²) < 4.78 is 19.2. The number of para-hydroxylation sites is 1. The molecule has 0 saturated carbocycles. The Hall–Kier alpha value is -2.21. The molecule has 0 radical (unpaired) electrons. The summed E-state index contributed by atoms with van der Waals surface area (Å²) in [5.41, 5.74) is -0.940. The topological polar surface area (TPSA) is 75.6 Å². The molecule has 1 fully saturated rings. The zero-order valence-electron chi connectivity index (χ0n) is 11.2. The van der Waals surface area contributed by atoms with E-state index in [4.69, 9.17) is 4.74 Å². The van der Waals surface area contributed by atoms with Crippen LogP contribution >= 0.6 is 0 Å². The number of halogens is 1. The zero-order valence-corrected chi connectivity index (χ0v) is 11.2. The highest BCUT2D eigenvalue weighted by atomic mass is 19.1. The van der Waals surface area contributed by atoms with Gasteiger partial charge in [-0.25, -0.2) is 4.39 Å². The number of carboxylic acid groups (broad SMARTS) is 1. The third kappa shape index (κ3) is 2.12. The lowest BCUT2D eigenvalue weighted by molar-refractivity contribution is -0.146. The van der Waals surface area contributed by atoms with Crippen LogP contribution in [0.2, 0.25) is 0 Å². The lowest BCUT2D eigenvalue weighted by atomic mass is 9.75. The maximum Gasteiger partial charge on any atom is 0.310 e. The highest BCUT2D eigenvalue weighted by Crippen LogP contribution is 2.47. The molecule has 0 spiro atoms. The monoisotopic (exact) mass is 291 g/mol. The smallest absolute Gasteiger partial charge is 0.310 e. The summed E-state index contributed by atoms with van der Waals surface area (Å²) in [7, 11) is 0. The van der Waals surface area contributed by atoms with Crippen molar-refractivity contribution in [1.29, 1.82) is 0 Å². The van der Waals surface area contributed by atoms with Crippen molar-refractivity contribution in [3.63, 3.8) is 0 Å². The molecule has 3 rings (SSSR count). The SMILES string of the molecule is C[C@@]12C=C[C@@H](O1)[C@@H](C(=O)O)[C@@H]2C(=O)Nc1ccccc1F. The maximum absolute atomic E-state index is 13.6. The van der Waals surface area contributed by atoms with E-state index < -0.39 is 41.2 Å². The van der Waals surface area contributed by atoms with Crippen molar-refractivity contribution in [3.05, 3.63) is 42.2 Å². The molecule has 1 aromatic rings. The first-order valence-electron chi connectivity index (χ1n) is 6.58. The number of anilines is 1. The largest absolute Gasteiger partial charge is 0.481 e. The highest BCUT2D eigenvalue weighted by molar-refractivity contribution is 5.97. The average Bonchev–Trinajstić information content (AvgIpc) is 2.94. The van der Waals surface area contributed by atoms with Crippen molar-refractivity contribution in [2.75, 3.05) is 5.32 Å². The van der Waals surface area contributed by atoms with Gasteiger partial charge in [-0.15, -0.1) is 0 Å². The number of fused-ring (bicyclic) bond motifs is 2. The van der Waals surface area contributed by atoms with Crippen LogP contribution < -0.4 is 5.32 Å². The molecule has 5 nitrogen and oxygen atoms in total. The van der Waals surface area contributed by atoms with Crippen molar-refractivity contribution < 1.29 is 23.8 Å². The minimum absolute atomic E-state index is 0.0296. The second kappa shape index (κ2) is 4.66. The number of carboxylic acids is 1. The van der Waals surface area contributed by atoms with Gasteiger partial charge in [-0.3, -0.25) is 9.59 Å². The Morgan fingerprint density at radius 1 is 1.38 bits per heavy atom. The zero-order chi connectivity index (χ0) is 15.2. The Balaban J connectivity index is 1.88. The predicted octanol–water partition coefficient (Wildman–Crippen LogP) is 1.81. The third-order valence-corrected chi connectivity index (χ3v) is 4.04. The van der Waals surface area contributed by atoms with Crippen LogP contribution in [-0.4, -0.2) is 28.7 Å². The van der Waals surface area contributed by atoms with E-state index in [1.807, 2.05) is 0 Å². The van der Waals surface area contributed by atoms with E-state index in [1.165, 1.54) is 18.2 Å². The molecule has 0 unspecified atom stereocenters. The molecule has 0 aliphatic carbocycles. The van der Waals surface area contributed by atoms with Crippen LogP contribution in [-0.2, 0) is 14.3 Å². The molecule has 1 amide bonds. The molecule has 0 aromatic heterocycles. The van der Waals surface area contributed by atoms with Crippen molar-refractivity contribution in [2.24, 2.45) is 11.8 Å². The second-order valence-electron chi connectivity index (χ2n) is 5.44. The number of benzene rings is 1. The van der Waals surface area contributed by atoms with Gasteiger partial charge in [-0.05, 0) is 19.1 Å². The Bertz CT molecular complexity index is 644. The van der Waals surface area contributed by atoms with Gasteiger partial charge in [0.1, 0.15) is 11.7 Å². The van der Waals surface area contributed by atoms with Gasteiger partial charge in [-0.1, -0.05) is 24.3 Å². The molecule has 6 heteroatoms. The first kappa shape index (κ1) is 13.8. The fourth-order valence-corrected chi connectivity index (χ4v) is 3.05. The Kier molecular flexibility index (Phi) is 3.06. The van der Waals surface area contributed by atoms with Crippen molar-refractivity contribution >= 4 is 17.6 Å². The number of hydrogen-bond acceptors (Lipinski definition) is 3. The van der Waals surface area contributed by atoms with Crippen molar-refractivity contribution in [1.82, 2.24) is 0 Å². The number of carbonyl (C=O) groups excluding carboxylic acids is 1. The van der Waals surface area contributed by atoms with Crippen molar-refractivity contribution in [3.8, 4) is 0 Å². The van der Waals surface area contributed by atoms with Crippen LogP contribution in [0.5, 0.6) is 0 Å². The quantitative estimate of drug-likeness (QED) is 0.833. The number of nitrogens with one attached hydrogen (secondary N) is 1. The van der Waals surface area contributed by atoms with Crippen LogP contribution in [0.25, 0.3) is 0 Å². The van der Waals surface area contributed by atoms with Crippen molar-refractivity contribution in [2.45, 2.75) is 18.6 Å². The van der Waals surface area contributed by atoms with Gasteiger partial charge in [0.25, 0.3) is 0 Å². The molecule has 2 bridgehead atoms. The van der Waals surface area contributed by atoms with E-state index in [1.54, 1.807) is 25.1 Å². The molecule has 2 N–H and O–H groups in total. The minimum atomic E-state index is -1.10. The highest BCUT2D eigenvalue weighted by Gasteiger charge is 2.59. The maximum atomic E-state index is 13.6. The lowest BCUT2D eigenvalue weighted by Gasteiger charge is -2.27. The summed E-state index contributed by atoms with van der Waals surface area (Å²) in [6, 6.07) is 5.75. The number of hydrogen-bond donors (Lipinski definition) is 2. The first-order valence-corrected chi connectivity index (χ1v) is 6.58. The van der Waals surface area contributed by atoms with E-state index in [9.17, 15) is 19.1 Å². The molecule has 1 saturated heterocycles. The van der Waals surface area contributed by atoms with Crippen LogP contribution in [0.15, 0.2) is 36.4 Å². The number of aliphatic carboxylic acids is 1. The summed E-state index contributed by atoms with van der Waals surface area (Å²) in [5.74, 6) is -4.08. The average molecular weight is 291 g/mol. The molecular weight excluding hydrogens is 277 g/mol. The fourth-order valence-electron chi connectivity index (χ4n) is 3.05. The van der Waals surface area contributed by atoms with E-state index in [-0.39, 0.29) is 5.69 Å². The summed E-state index contributed by atoms with van der Waals surface area (Å²) in [4.78, 5) is 23.8. The Labute approximate surface area is 120 Å². The van der Waals surface area contributed by atoms with Gasteiger partial charge < -0.3 is 15.2 Å². The van der Waals surface area contributed by atoms with E-state index in [0.717, 1.165) is 0 Å². The minimum Gasteiger partial charge on any atom is -0.481 e. The van der Waals surface area contributed by atoms with E-state index in [0.29, 0.717) is 0 Å². The summed E-state index contributed by atoms with van der Waals surface area (Å²) in [5, 5.41) is 11.8. The van der Waals surface area contributed by atoms with Gasteiger partial charge in [0, 0.05) is 0 Å². The molecule has 21 heavy (non-hydrogen) atoms. The molecule has 1 aromatic carbocycles. The van der Waals surface area contributed by atoms with Crippen LogP contribution in [0.1, 0.15) is 6.92 Å². The lowest BCUT2D eigenvalue weighted by Crippen LogP contribution is -2.44. The second-order valence-corrected chi connectivity index (χ2v) is 5.44. The van der Waals surface area contributed by atoms with Crippen LogP contribution in [0.3, 0.4) is 0 Å². The van der Waals surface area contributed by atoms with Gasteiger partial charge >= 0.3 is 5.97 Å². The molecule has 110 valence electrons. The predicted molar refractivity (Wildman–Crippen MR) is 72.1 cm³/mol. The Morgan fingerprint density at radius 3 is 2.76 bits per heavy atom. The number of rotatable bonds is 3. The fraction of sp³-hybridized carbons (Fsp3) is 0.333. The van der Waals surface area contributed by atoms with Gasteiger partial charge in [0.15, 0.2) is 0 Å². The van der Waals surface area contributed by atoms with E-state index in [2.05, 4.69) is 5.32 Å². The van der Waals surface area contributed by atoms with Gasteiger partial charge in [0.05, 0.1) is 23.3 Å². The van der Waals surface area contributed by atoms with Gasteiger partial charge in [-0.2, -0.15) is 0 Å². The summed E-state index contributed by atoms with van der Waals surface area (Å²) in [6.45, 7) is 1.66. The number of ether oxygens (including phenoxy) is 1. The Morgan fingerprint density at radius 2 is 2.10 bits per heavy atom. The normalized spacial score (nSPS) is 33.1.